The Kier molecular flexibility index (Phi) is 4.57. The summed E-state index contributed by atoms with van der Waals surface area (Å²) in [6, 6.07) is 9.66. The minimum atomic E-state index is -1.47. The van der Waals surface area contributed by atoms with Crippen LogP contribution in [0.15, 0.2) is 47.4 Å². The summed E-state index contributed by atoms with van der Waals surface area (Å²) in [4.78, 5) is 34.4. The Morgan fingerprint density at radius 1 is 1.09 bits per heavy atom. The minimum absolute atomic E-state index is 0.0539. The zero-order valence-corrected chi connectivity index (χ0v) is 12.3. The molecule has 0 saturated carbocycles. The van der Waals surface area contributed by atoms with Crippen LogP contribution >= 0.6 is 11.8 Å². The second-order valence-corrected chi connectivity index (χ2v) is 5.15. The average Bonchev–Trinajstić information content (AvgIpc) is 2.53. The van der Waals surface area contributed by atoms with Gasteiger partial charge in [0.05, 0.1) is 15.8 Å². The molecule has 2 rings (SSSR count). The van der Waals surface area contributed by atoms with Gasteiger partial charge >= 0.3 is 0 Å². The van der Waals surface area contributed by atoms with E-state index in [9.17, 15) is 24.8 Å². The van der Waals surface area contributed by atoms with Crippen molar-refractivity contribution < 1.29 is 19.6 Å². The van der Waals surface area contributed by atoms with E-state index in [1.54, 1.807) is 6.26 Å². The number of carbonyl (C=O) groups is 2. The molecule has 0 aliphatic rings. The maximum Gasteiger partial charge on any atom is 0.283 e. The van der Waals surface area contributed by atoms with Gasteiger partial charge in [-0.05, 0) is 18.4 Å². The monoisotopic (exact) mass is 316 g/mol. The van der Waals surface area contributed by atoms with Gasteiger partial charge in [-0.1, -0.05) is 24.3 Å². The second kappa shape index (κ2) is 6.40. The summed E-state index contributed by atoms with van der Waals surface area (Å²) < 4.78 is 0. The molecule has 0 saturated heterocycles. The third kappa shape index (κ3) is 2.99. The molecule has 7 heteroatoms. The van der Waals surface area contributed by atoms with Crippen LogP contribution in [-0.4, -0.2) is 22.9 Å². The van der Waals surface area contributed by atoms with Crippen molar-refractivity contribution in [2.45, 2.75) is 4.90 Å². The Bertz CT molecular complexity index is 772. The zero-order chi connectivity index (χ0) is 16.3. The van der Waals surface area contributed by atoms with Crippen LogP contribution in [0.1, 0.15) is 26.3 Å². The molecule has 0 unspecified atom stereocenters. The van der Waals surface area contributed by atoms with Crippen molar-refractivity contribution >= 4 is 29.2 Å². The summed E-state index contributed by atoms with van der Waals surface area (Å²) in [6.07, 6.45) is 1.69. The van der Waals surface area contributed by atoms with Crippen LogP contribution in [0.3, 0.4) is 0 Å². The van der Waals surface area contributed by atoms with Crippen LogP contribution in [0.5, 0.6) is 0 Å². The molecule has 0 aliphatic heterocycles. The van der Waals surface area contributed by atoms with E-state index in [2.05, 4.69) is 0 Å². The molecule has 0 fully saturated rings. The molecule has 0 spiro atoms. The summed E-state index contributed by atoms with van der Waals surface area (Å²) in [5, 5.41) is 22.1. The van der Waals surface area contributed by atoms with Crippen molar-refractivity contribution in [2.24, 2.45) is 0 Å². The average molecular weight is 316 g/mol. The molecule has 112 valence electrons. The third-order valence-corrected chi connectivity index (χ3v) is 3.81. The van der Waals surface area contributed by atoms with E-state index in [0.717, 1.165) is 6.07 Å². The predicted molar refractivity (Wildman–Crippen MR) is 79.1 cm³/mol. The number of carboxylic acids is 1. The molecule has 0 aliphatic carbocycles. The number of nitro benzene ring substituents is 1. The highest BCUT2D eigenvalue weighted by Gasteiger charge is 2.19. The van der Waals surface area contributed by atoms with Gasteiger partial charge in [-0.25, -0.2) is 0 Å². The van der Waals surface area contributed by atoms with E-state index >= 15 is 0 Å². The molecule has 0 heterocycles. The van der Waals surface area contributed by atoms with Crippen molar-refractivity contribution in [3.63, 3.8) is 0 Å². The zero-order valence-electron chi connectivity index (χ0n) is 11.4. The fourth-order valence-corrected chi connectivity index (χ4v) is 2.54. The van der Waals surface area contributed by atoms with Gasteiger partial charge in [0, 0.05) is 22.8 Å². The van der Waals surface area contributed by atoms with Gasteiger partial charge in [0.2, 0.25) is 0 Å². The Morgan fingerprint density at radius 3 is 2.27 bits per heavy atom. The fourth-order valence-electron chi connectivity index (χ4n) is 1.99. The van der Waals surface area contributed by atoms with Crippen LogP contribution in [0.25, 0.3) is 0 Å². The van der Waals surface area contributed by atoms with Gasteiger partial charge in [0.1, 0.15) is 0 Å². The first-order valence-corrected chi connectivity index (χ1v) is 7.35. The summed E-state index contributed by atoms with van der Waals surface area (Å²) in [7, 11) is 0. The van der Waals surface area contributed by atoms with Crippen molar-refractivity contribution in [2.75, 3.05) is 6.26 Å². The Labute approximate surface area is 129 Å². The van der Waals surface area contributed by atoms with E-state index < -0.39 is 16.7 Å². The minimum Gasteiger partial charge on any atom is -0.545 e. The highest BCUT2D eigenvalue weighted by Crippen LogP contribution is 2.29. The van der Waals surface area contributed by atoms with Crippen LogP contribution in [0.4, 0.5) is 5.69 Å². The molecule has 2 aromatic rings. The molecule has 22 heavy (non-hydrogen) atoms. The molecule has 0 aromatic heterocycles. The SMILES string of the molecule is CSc1ccc(C(=O)c2ccccc2C(=O)[O-])cc1[N+](=O)[O-]. The number of hydrogen-bond acceptors (Lipinski definition) is 6. The lowest BCUT2D eigenvalue weighted by Crippen LogP contribution is -2.25. The molecule has 0 N–H and O–H groups in total. The highest BCUT2D eigenvalue weighted by atomic mass is 32.2. The lowest BCUT2D eigenvalue weighted by atomic mass is 9.98. The van der Waals surface area contributed by atoms with Crippen molar-refractivity contribution in [1.29, 1.82) is 0 Å². The first-order valence-electron chi connectivity index (χ1n) is 6.13. The molecular weight excluding hydrogens is 306 g/mol. The second-order valence-electron chi connectivity index (χ2n) is 4.31. The van der Waals surface area contributed by atoms with E-state index in [4.69, 9.17) is 0 Å². The Morgan fingerprint density at radius 2 is 1.73 bits per heavy atom. The summed E-state index contributed by atoms with van der Waals surface area (Å²) in [5.74, 6) is -2.07. The molecule has 2 aromatic carbocycles. The van der Waals surface area contributed by atoms with Crippen LogP contribution in [0.2, 0.25) is 0 Å². The topological polar surface area (TPSA) is 100 Å². The van der Waals surface area contributed by atoms with Crippen molar-refractivity contribution in [3.05, 3.63) is 69.3 Å². The number of nitro groups is 1. The van der Waals surface area contributed by atoms with Gasteiger partial charge in [-0.3, -0.25) is 14.9 Å². The van der Waals surface area contributed by atoms with Gasteiger partial charge < -0.3 is 9.90 Å². The number of nitrogens with zero attached hydrogens (tertiary/aromatic N) is 1. The molecule has 0 radical (unpaired) electrons. The van der Waals surface area contributed by atoms with E-state index in [1.165, 1.54) is 48.2 Å². The molecule has 0 bridgehead atoms. The summed E-state index contributed by atoms with van der Waals surface area (Å²) in [5.41, 5.74) is -0.444. The largest absolute Gasteiger partial charge is 0.545 e. The van der Waals surface area contributed by atoms with Crippen molar-refractivity contribution in [3.8, 4) is 0 Å². The predicted octanol–water partition coefficient (Wildman–Crippen LogP) is 1.91. The van der Waals surface area contributed by atoms with Crippen LogP contribution in [0, 0.1) is 10.1 Å². The van der Waals surface area contributed by atoms with Gasteiger partial charge in [-0.15, -0.1) is 11.8 Å². The van der Waals surface area contributed by atoms with Gasteiger partial charge in [-0.2, -0.15) is 0 Å². The number of ketones is 1. The van der Waals surface area contributed by atoms with E-state index in [0.29, 0.717) is 4.90 Å². The number of rotatable bonds is 5. The number of aromatic carboxylic acids is 1. The lowest BCUT2D eigenvalue weighted by molar-refractivity contribution is -0.387. The standard InChI is InChI=1S/C15H11NO5S/c1-22-13-7-6-9(8-12(13)16(20)21)14(17)10-4-2-3-5-11(10)15(18)19/h2-8H,1H3,(H,18,19)/p-1. The fraction of sp³-hybridized carbons (Fsp3) is 0.0667. The maximum absolute atomic E-state index is 12.4. The Balaban J connectivity index is 2.53. The number of thioether (sulfide) groups is 1. The Hall–Kier alpha value is -2.67. The smallest absolute Gasteiger partial charge is 0.283 e. The maximum atomic E-state index is 12.4. The number of carboxylic acid groups (broad SMARTS) is 1. The van der Waals surface area contributed by atoms with Gasteiger partial charge in [0.25, 0.3) is 5.69 Å². The van der Waals surface area contributed by atoms with Crippen molar-refractivity contribution in [1.82, 2.24) is 0 Å². The molecular formula is C15H10NO5S-. The van der Waals surface area contributed by atoms with Crippen LogP contribution in [-0.2, 0) is 0 Å². The molecule has 0 amide bonds. The quantitative estimate of drug-likeness (QED) is 0.361. The molecule has 6 nitrogen and oxygen atoms in total. The number of hydrogen-bond donors (Lipinski definition) is 0. The van der Waals surface area contributed by atoms with Gasteiger partial charge in [0.15, 0.2) is 5.78 Å². The highest BCUT2D eigenvalue weighted by molar-refractivity contribution is 7.98. The third-order valence-electron chi connectivity index (χ3n) is 3.03. The van der Waals surface area contributed by atoms with Crippen LogP contribution < -0.4 is 5.11 Å². The van der Waals surface area contributed by atoms with E-state index in [1.807, 2.05) is 0 Å². The molecule has 0 atom stereocenters. The number of carbonyl (C=O) groups excluding carboxylic acids is 2. The first kappa shape index (κ1) is 15.7. The lowest BCUT2D eigenvalue weighted by Gasteiger charge is -2.09. The summed E-state index contributed by atoms with van der Waals surface area (Å²) >= 11 is 1.19. The number of benzene rings is 2. The van der Waals surface area contributed by atoms with E-state index in [-0.39, 0.29) is 22.4 Å². The summed E-state index contributed by atoms with van der Waals surface area (Å²) in [6.45, 7) is 0. The normalized spacial score (nSPS) is 10.2. The first-order chi connectivity index (χ1) is 10.5.